The number of nitrogens with one attached hydrogen (secondary N) is 1. The average Bonchev–Trinajstić information content (AvgIpc) is 2.67. The third-order valence-corrected chi connectivity index (χ3v) is 2.64. The molecule has 0 aliphatic rings. The molecule has 0 radical (unpaired) electrons. The molecule has 2 aromatic heterocycles. The zero-order chi connectivity index (χ0) is 10.7. The second-order valence-electron chi connectivity index (χ2n) is 3.18. The first-order valence-corrected chi connectivity index (χ1v) is 5.53. The fourth-order valence-corrected chi connectivity index (χ4v) is 1.93. The molecule has 0 aliphatic heterocycles. The van der Waals surface area contributed by atoms with E-state index in [0.717, 1.165) is 29.2 Å². The first-order chi connectivity index (χ1) is 7.33. The summed E-state index contributed by atoms with van der Waals surface area (Å²) in [5, 5.41) is 3.20. The fourth-order valence-electron chi connectivity index (χ4n) is 1.39. The molecule has 0 aliphatic carbocycles. The molecule has 0 atom stereocenters. The fraction of sp³-hybridized carbons (Fsp3) is 0.300. The molecule has 0 bridgehead atoms. The van der Waals surface area contributed by atoms with Gasteiger partial charge in [0.25, 0.3) is 0 Å². The van der Waals surface area contributed by atoms with Crippen LogP contribution in [0.3, 0.4) is 0 Å². The highest BCUT2D eigenvalue weighted by atomic mass is 32.1. The molecule has 0 unspecified atom stereocenters. The lowest BCUT2D eigenvalue weighted by atomic mass is 10.1. The minimum Gasteiger partial charge on any atom is -0.368 e. The van der Waals surface area contributed by atoms with Crippen molar-refractivity contribution in [1.82, 2.24) is 13.7 Å². The van der Waals surface area contributed by atoms with Gasteiger partial charge in [-0.3, -0.25) is 4.98 Å². The van der Waals surface area contributed by atoms with Crippen LogP contribution in [0.25, 0.3) is 11.3 Å². The number of rotatable bonds is 3. The lowest BCUT2D eigenvalue weighted by Gasteiger charge is -2.04. The van der Waals surface area contributed by atoms with Crippen LogP contribution in [0.5, 0.6) is 0 Å². The number of hydrogen-bond acceptors (Lipinski definition) is 5. The molecule has 0 spiro atoms. The van der Waals surface area contributed by atoms with Crippen molar-refractivity contribution in [3.8, 4) is 11.3 Å². The predicted molar refractivity (Wildman–Crippen MR) is 62.0 cm³/mol. The van der Waals surface area contributed by atoms with Gasteiger partial charge in [-0.2, -0.15) is 8.75 Å². The van der Waals surface area contributed by atoms with Crippen LogP contribution in [0.4, 0.5) is 5.82 Å². The highest BCUT2D eigenvalue weighted by molar-refractivity contribution is 6.99. The summed E-state index contributed by atoms with van der Waals surface area (Å²) in [6, 6.07) is 1.97. The number of hydrogen-bond donors (Lipinski definition) is 1. The zero-order valence-corrected chi connectivity index (χ0v) is 9.51. The van der Waals surface area contributed by atoms with E-state index in [-0.39, 0.29) is 0 Å². The lowest BCUT2D eigenvalue weighted by Crippen LogP contribution is -1.98. The van der Waals surface area contributed by atoms with Crippen molar-refractivity contribution in [3.05, 3.63) is 24.0 Å². The molecule has 0 aromatic carbocycles. The number of aryl methyl sites for hydroxylation is 1. The van der Waals surface area contributed by atoms with E-state index in [0.29, 0.717) is 0 Å². The number of pyridine rings is 1. The van der Waals surface area contributed by atoms with Crippen molar-refractivity contribution in [2.24, 2.45) is 0 Å². The van der Waals surface area contributed by atoms with E-state index in [2.05, 4.69) is 19.0 Å². The number of anilines is 1. The van der Waals surface area contributed by atoms with Gasteiger partial charge in [-0.25, -0.2) is 0 Å². The summed E-state index contributed by atoms with van der Waals surface area (Å²) in [6.07, 6.45) is 3.61. The molecular formula is C10H12N4S. The van der Waals surface area contributed by atoms with Gasteiger partial charge in [0.1, 0.15) is 5.69 Å². The molecule has 1 N–H and O–H groups in total. The van der Waals surface area contributed by atoms with Crippen molar-refractivity contribution < 1.29 is 0 Å². The first kappa shape index (κ1) is 10.0. The van der Waals surface area contributed by atoms with Crippen LogP contribution in [-0.2, 0) is 0 Å². The van der Waals surface area contributed by atoms with Crippen LogP contribution in [0, 0.1) is 6.92 Å². The molecule has 0 saturated heterocycles. The second kappa shape index (κ2) is 4.35. The van der Waals surface area contributed by atoms with E-state index in [1.807, 2.05) is 26.1 Å². The molecule has 5 heteroatoms. The van der Waals surface area contributed by atoms with E-state index in [9.17, 15) is 0 Å². The molecule has 2 rings (SSSR count). The standard InChI is InChI=1S/C10H12N4S/c1-3-12-10-9(13-15-14-10)8-4-5-11-6-7(8)2/h4-6H,3H2,1-2H3,(H,12,14). The van der Waals surface area contributed by atoms with E-state index >= 15 is 0 Å². The third kappa shape index (κ3) is 1.97. The van der Waals surface area contributed by atoms with E-state index < -0.39 is 0 Å². The van der Waals surface area contributed by atoms with E-state index in [1.165, 1.54) is 11.7 Å². The van der Waals surface area contributed by atoms with Crippen molar-refractivity contribution in [2.75, 3.05) is 11.9 Å². The summed E-state index contributed by atoms with van der Waals surface area (Å²) >= 11 is 1.23. The van der Waals surface area contributed by atoms with Crippen molar-refractivity contribution >= 4 is 17.5 Å². The van der Waals surface area contributed by atoms with Gasteiger partial charge < -0.3 is 5.32 Å². The smallest absolute Gasteiger partial charge is 0.168 e. The van der Waals surface area contributed by atoms with Gasteiger partial charge in [0.2, 0.25) is 0 Å². The lowest BCUT2D eigenvalue weighted by molar-refractivity contribution is 1.18. The molecule has 15 heavy (non-hydrogen) atoms. The Kier molecular flexibility index (Phi) is 2.91. The Morgan fingerprint density at radius 3 is 3.00 bits per heavy atom. The summed E-state index contributed by atoms with van der Waals surface area (Å²) in [5.41, 5.74) is 3.13. The van der Waals surface area contributed by atoms with E-state index in [4.69, 9.17) is 0 Å². The normalized spacial score (nSPS) is 10.3. The van der Waals surface area contributed by atoms with Crippen molar-refractivity contribution in [1.29, 1.82) is 0 Å². The molecular weight excluding hydrogens is 208 g/mol. The Bertz CT molecular complexity index is 452. The molecule has 0 fully saturated rings. The molecule has 2 heterocycles. The maximum Gasteiger partial charge on any atom is 0.168 e. The Morgan fingerprint density at radius 1 is 1.40 bits per heavy atom. The maximum absolute atomic E-state index is 4.31. The highest BCUT2D eigenvalue weighted by Crippen LogP contribution is 2.27. The van der Waals surface area contributed by atoms with Crippen LogP contribution in [0.2, 0.25) is 0 Å². The zero-order valence-electron chi connectivity index (χ0n) is 8.69. The Labute approximate surface area is 92.7 Å². The van der Waals surface area contributed by atoms with Crippen LogP contribution in [0.15, 0.2) is 18.5 Å². The van der Waals surface area contributed by atoms with Crippen LogP contribution >= 0.6 is 11.7 Å². The monoisotopic (exact) mass is 220 g/mol. The Hall–Kier alpha value is -1.49. The summed E-state index contributed by atoms with van der Waals surface area (Å²) in [7, 11) is 0. The van der Waals surface area contributed by atoms with Gasteiger partial charge >= 0.3 is 0 Å². The average molecular weight is 220 g/mol. The first-order valence-electron chi connectivity index (χ1n) is 4.80. The quantitative estimate of drug-likeness (QED) is 0.862. The van der Waals surface area contributed by atoms with Gasteiger partial charge in [-0.1, -0.05) is 0 Å². The van der Waals surface area contributed by atoms with E-state index in [1.54, 1.807) is 6.20 Å². The SMILES string of the molecule is CCNc1nsnc1-c1ccncc1C. The third-order valence-electron chi connectivity index (χ3n) is 2.11. The summed E-state index contributed by atoms with van der Waals surface area (Å²) in [4.78, 5) is 4.07. The van der Waals surface area contributed by atoms with Gasteiger partial charge in [0.15, 0.2) is 5.82 Å². The second-order valence-corrected chi connectivity index (χ2v) is 3.71. The topological polar surface area (TPSA) is 50.7 Å². The maximum atomic E-state index is 4.31. The largest absolute Gasteiger partial charge is 0.368 e. The van der Waals surface area contributed by atoms with Gasteiger partial charge in [-0.05, 0) is 25.5 Å². The molecule has 0 amide bonds. The highest BCUT2D eigenvalue weighted by Gasteiger charge is 2.11. The molecule has 2 aromatic rings. The van der Waals surface area contributed by atoms with Gasteiger partial charge in [0.05, 0.1) is 11.7 Å². The van der Waals surface area contributed by atoms with Crippen LogP contribution in [-0.4, -0.2) is 20.3 Å². The minimum atomic E-state index is 0.850. The number of aromatic nitrogens is 3. The number of nitrogens with zero attached hydrogens (tertiary/aromatic N) is 3. The minimum absolute atomic E-state index is 0.850. The van der Waals surface area contributed by atoms with Crippen LogP contribution in [0.1, 0.15) is 12.5 Å². The predicted octanol–water partition coefficient (Wildman–Crippen LogP) is 2.34. The molecule has 4 nitrogen and oxygen atoms in total. The Balaban J connectivity index is 2.45. The van der Waals surface area contributed by atoms with Crippen LogP contribution < -0.4 is 5.32 Å². The summed E-state index contributed by atoms with van der Waals surface area (Å²) in [6.45, 7) is 4.92. The summed E-state index contributed by atoms with van der Waals surface area (Å²) in [5.74, 6) is 0.858. The van der Waals surface area contributed by atoms with Gasteiger partial charge in [-0.15, -0.1) is 0 Å². The molecule has 78 valence electrons. The summed E-state index contributed by atoms with van der Waals surface area (Å²) < 4.78 is 8.53. The van der Waals surface area contributed by atoms with Crippen molar-refractivity contribution in [3.63, 3.8) is 0 Å². The molecule has 0 saturated carbocycles. The van der Waals surface area contributed by atoms with Crippen molar-refractivity contribution in [2.45, 2.75) is 13.8 Å². The Morgan fingerprint density at radius 2 is 2.27 bits per heavy atom. The van der Waals surface area contributed by atoms with Gasteiger partial charge in [0, 0.05) is 24.5 Å².